The molecule has 0 saturated carbocycles. The van der Waals surface area contributed by atoms with Crippen molar-refractivity contribution in [2.45, 2.75) is 31.8 Å². The molecule has 124 valence electrons. The Kier molecular flexibility index (Phi) is 3.44. The first-order valence-corrected chi connectivity index (χ1v) is 8.23. The predicted molar refractivity (Wildman–Crippen MR) is 87.3 cm³/mol. The Morgan fingerprint density at radius 2 is 1.88 bits per heavy atom. The molecule has 1 aromatic carbocycles. The van der Waals surface area contributed by atoms with Gasteiger partial charge in [-0.15, -0.1) is 0 Å². The van der Waals surface area contributed by atoms with Crippen LogP contribution >= 0.6 is 0 Å². The van der Waals surface area contributed by atoms with Crippen LogP contribution in [0.3, 0.4) is 0 Å². The molecule has 1 aromatic heterocycles. The van der Waals surface area contributed by atoms with E-state index in [-0.39, 0.29) is 11.7 Å². The number of hydrogen-bond acceptors (Lipinski definition) is 4. The van der Waals surface area contributed by atoms with Crippen molar-refractivity contribution in [3.05, 3.63) is 53.5 Å². The molecule has 24 heavy (non-hydrogen) atoms. The molecule has 3 heterocycles. The molecule has 1 amide bonds. The van der Waals surface area contributed by atoms with Crippen LogP contribution in [0, 0.1) is 6.92 Å². The van der Waals surface area contributed by atoms with Gasteiger partial charge in [0.25, 0.3) is 5.91 Å². The topological polar surface area (TPSA) is 59.8 Å². The van der Waals surface area contributed by atoms with E-state index in [1.165, 1.54) is 0 Å². The molecule has 2 aromatic rings. The summed E-state index contributed by atoms with van der Waals surface area (Å²) in [7, 11) is 0. The van der Waals surface area contributed by atoms with Gasteiger partial charge in [0.2, 0.25) is 0 Å². The highest BCUT2D eigenvalue weighted by Crippen LogP contribution is 2.39. The highest BCUT2D eigenvalue weighted by Gasteiger charge is 2.43. The van der Waals surface area contributed by atoms with Crippen molar-refractivity contribution in [2.75, 3.05) is 13.1 Å². The van der Waals surface area contributed by atoms with Crippen LogP contribution in [-0.4, -0.2) is 35.3 Å². The Hall–Kier alpha value is -2.56. The predicted octanol–water partition coefficient (Wildman–Crippen LogP) is 3.23. The lowest BCUT2D eigenvalue weighted by Gasteiger charge is -2.43. The van der Waals surface area contributed by atoms with Crippen LogP contribution in [0.4, 0.5) is 0 Å². The van der Waals surface area contributed by atoms with Crippen molar-refractivity contribution in [1.29, 1.82) is 0 Å². The monoisotopic (exact) mass is 325 g/mol. The maximum Gasteiger partial charge on any atom is 0.289 e. The Morgan fingerprint density at radius 1 is 1.12 bits per heavy atom. The number of fused-ring (bicyclic) bond motifs is 1. The van der Waals surface area contributed by atoms with E-state index in [2.05, 4.69) is 0 Å². The number of furan rings is 1. The highest BCUT2D eigenvalue weighted by molar-refractivity contribution is 6.00. The summed E-state index contributed by atoms with van der Waals surface area (Å²) in [5.74, 6) is 1.79. The van der Waals surface area contributed by atoms with E-state index in [0.29, 0.717) is 49.4 Å². The molecule has 0 bridgehead atoms. The van der Waals surface area contributed by atoms with E-state index in [1.54, 1.807) is 17.0 Å². The van der Waals surface area contributed by atoms with E-state index in [0.717, 1.165) is 5.76 Å². The van der Waals surface area contributed by atoms with E-state index in [4.69, 9.17) is 9.15 Å². The highest BCUT2D eigenvalue weighted by atomic mass is 16.5. The first-order chi connectivity index (χ1) is 11.6. The van der Waals surface area contributed by atoms with Gasteiger partial charge in [0.15, 0.2) is 11.5 Å². The van der Waals surface area contributed by atoms with Gasteiger partial charge in [-0.1, -0.05) is 12.1 Å². The number of aryl methyl sites for hydroxylation is 1. The molecule has 0 unspecified atom stereocenters. The number of rotatable bonds is 1. The van der Waals surface area contributed by atoms with E-state index in [9.17, 15) is 9.59 Å². The Labute approximate surface area is 140 Å². The number of para-hydroxylation sites is 1. The Bertz CT molecular complexity index is 799. The number of nitrogens with zero attached hydrogens (tertiary/aromatic N) is 1. The molecule has 0 N–H and O–H groups in total. The van der Waals surface area contributed by atoms with Crippen LogP contribution < -0.4 is 4.74 Å². The van der Waals surface area contributed by atoms with Crippen molar-refractivity contribution >= 4 is 11.7 Å². The average Bonchev–Trinajstić information content (AvgIpc) is 3.01. The minimum atomic E-state index is -0.485. The summed E-state index contributed by atoms with van der Waals surface area (Å²) in [6.45, 7) is 2.95. The van der Waals surface area contributed by atoms with E-state index in [1.807, 2.05) is 31.2 Å². The van der Waals surface area contributed by atoms with Gasteiger partial charge in [-0.25, -0.2) is 0 Å². The Balaban J connectivity index is 1.48. The van der Waals surface area contributed by atoms with Crippen LogP contribution in [0.15, 0.2) is 40.8 Å². The van der Waals surface area contributed by atoms with Crippen LogP contribution in [0.1, 0.15) is 45.9 Å². The standard InChI is InChI=1S/C19H19NO4/c1-13-6-7-17(23-13)18(22)20-10-8-19(9-11-20)12-15(21)14-4-2-3-5-16(14)24-19/h2-7H,8-12H2,1H3. The van der Waals surface area contributed by atoms with E-state index < -0.39 is 5.60 Å². The first kappa shape index (κ1) is 15.0. The van der Waals surface area contributed by atoms with Crippen LogP contribution in [0.25, 0.3) is 0 Å². The number of carbonyl (C=O) groups excluding carboxylic acids is 2. The molecule has 0 aliphatic carbocycles. The number of ketones is 1. The number of benzene rings is 1. The van der Waals surface area contributed by atoms with Gasteiger partial charge < -0.3 is 14.1 Å². The molecule has 5 heteroatoms. The second-order valence-corrected chi connectivity index (χ2v) is 6.58. The third-order valence-electron chi connectivity index (χ3n) is 4.91. The third-order valence-corrected chi connectivity index (χ3v) is 4.91. The molecule has 1 fully saturated rings. The van der Waals surface area contributed by atoms with Crippen LogP contribution in [-0.2, 0) is 0 Å². The van der Waals surface area contributed by atoms with Gasteiger partial charge >= 0.3 is 0 Å². The molecular weight excluding hydrogens is 306 g/mol. The van der Waals surface area contributed by atoms with Gasteiger partial charge in [0.1, 0.15) is 17.1 Å². The summed E-state index contributed by atoms with van der Waals surface area (Å²) in [6.07, 6.45) is 1.68. The van der Waals surface area contributed by atoms with Crippen molar-refractivity contribution in [3.63, 3.8) is 0 Å². The number of hydrogen-bond donors (Lipinski definition) is 0. The van der Waals surface area contributed by atoms with Crippen molar-refractivity contribution in [2.24, 2.45) is 0 Å². The minimum absolute atomic E-state index is 0.0968. The zero-order chi connectivity index (χ0) is 16.7. The molecule has 0 radical (unpaired) electrons. The van der Waals surface area contributed by atoms with Gasteiger partial charge in [-0.3, -0.25) is 9.59 Å². The average molecular weight is 325 g/mol. The number of amides is 1. The lowest BCUT2D eigenvalue weighted by atomic mass is 9.82. The second-order valence-electron chi connectivity index (χ2n) is 6.58. The third kappa shape index (κ3) is 2.50. The fourth-order valence-electron chi connectivity index (χ4n) is 3.54. The fraction of sp³-hybridized carbons (Fsp3) is 0.368. The fourth-order valence-corrected chi connectivity index (χ4v) is 3.54. The van der Waals surface area contributed by atoms with Crippen molar-refractivity contribution in [1.82, 2.24) is 4.90 Å². The van der Waals surface area contributed by atoms with Gasteiger partial charge in [0.05, 0.1) is 12.0 Å². The molecule has 0 atom stereocenters. The lowest BCUT2D eigenvalue weighted by Crippen LogP contribution is -2.52. The van der Waals surface area contributed by atoms with Crippen LogP contribution in [0.2, 0.25) is 0 Å². The smallest absolute Gasteiger partial charge is 0.289 e. The second kappa shape index (κ2) is 5.51. The zero-order valence-corrected chi connectivity index (χ0v) is 13.6. The van der Waals surface area contributed by atoms with Crippen molar-refractivity contribution in [3.8, 4) is 5.75 Å². The quantitative estimate of drug-likeness (QED) is 0.808. The van der Waals surface area contributed by atoms with Gasteiger partial charge in [-0.2, -0.15) is 0 Å². The molecule has 5 nitrogen and oxygen atoms in total. The van der Waals surface area contributed by atoms with Crippen molar-refractivity contribution < 1.29 is 18.7 Å². The van der Waals surface area contributed by atoms with Gasteiger partial charge in [-0.05, 0) is 31.2 Å². The normalized spacial score (nSPS) is 19.0. The summed E-state index contributed by atoms with van der Waals surface area (Å²) < 4.78 is 11.6. The Morgan fingerprint density at radius 3 is 2.58 bits per heavy atom. The van der Waals surface area contributed by atoms with E-state index >= 15 is 0 Å². The minimum Gasteiger partial charge on any atom is -0.486 e. The number of piperidine rings is 1. The summed E-state index contributed by atoms with van der Waals surface area (Å²) in [6, 6.07) is 10.9. The lowest BCUT2D eigenvalue weighted by molar-refractivity contribution is -0.00644. The maximum absolute atomic E-state index is 12.5. The summed E-state index contributed by atoms with van der Waals surface area (Å²) in [5, 5.41) is 0. The summed E-state index contributed by atoms with van der Waals surface area (Å²) in [5.41, 5.74) is 0.175. The molecule has 2 aliphatic rings. The number of ether oxygens (including phenoxy) is 1. The molecular formula is C19H19NO4. The molecule has 4 rings (SSSR count). The number of carbonyl (C=O) groups is 2. The van der Waals surface area contributed by atoms with Gasteiger partial charge in [0, 0.05) is 25.9 Å². The van der Waals surface area contributed by atoms with Crippen LogP contribution in [0.5, 0.6) is 5.75 Å². The maximum atomic E-state index is 12.5. The zero-order valence-electron chi connectivity index (χ0n) is 13.6. The largest absolute Gasteiger partial charge is 0.486 e. The SMILES string of the molecule is Cc1ccc(C(=O)N2CCC3(CC2)CC(=O)c2ccccc2O3)o1. The summed E-state index contributed by atoms with van der Waals surface area (Å²) >= 11 is 0. The molecule has 1 spiro atoms. The number of likely N-dealkylation sites (tertiary alicyclic amines) is 1. The first-order valence-electron chi connectivity index (χ1n) is 8.23. The molecule has 1 saturated heterocycles. The summed E-state index contributed by atoms with van der Waals surface area (Å²) in [4.78, 5) is 26.7. The number of Topliss-reactive ketones (excluding diaryl/α,β-unsaturated/α-hetero) is 1. The molecule has 2 aliphatic heterocycles.